The van der Waals surface area contributed by atoms with Crippen LogP contribution in [0.2, 0.25) is 0 Å². The lowest BCUT2D eigenvalue weighted by molar-refractivity contribution is 1.31. The minimum atomic E-state index is 0.975. The van der Waals surface area contributed by atoms with Crippen molar-refractivity contribution in [2.45, 2.75) is 13.8 Å². The number of pyridine rings is 2. The van der Waals surface area contributed by atoms with Gasteiger partial charge in [0.05, 0.1) is 11.4 Å². The average molecular weight is 351 g/mol. The Kier molecular flexibility index (Phi) is 4.67. The Morgan fingerprint density at radius 1 is 0.593 bits per heavy atom. The first-order valence-corrected chi connectivity index (χ1v) is 9.01. The number of aryl methyl sites for hydroxylation is 2. The molecule has 2 aromatic heterocycles. The molecule has 3 heteroatoms. The van der Waals surface area contributed by atoms with Gasteiger partial charge in [-0.3, -0.25) is 9.97 Å². The van der Waals surface area contributed by atoms with Crippen LogP contribution in [0.25, 0.3) is 22.5 Å². The number of aromatic nitrogens is 2. The lowest BCUT2D eigenvalue weighted by Crippen LogP contribution is -1.94. The van der Waals surface area contributed by atoms with Gasteiger partial charge in [0, 0.05) is 34.9 Å². The summed E-state index contributed by atoms with van der Waals surface area (Å²) in [5.41, 5.74) is 8.65. The molecule has 0 amide bonds. The molecule has 0 aliphatic carbocycles. The van der Waals surface area contributed by atoms with E-state index in [0.717, 1.165) is 33.9 Å². The van der Waals surface area contributed by atoms with Gasteiger partial charge in [0.15, 0.2) is 0 Å². The molecule has 0 saturated carbocycles. The van der Waals surface area contributed by atoms with E-state index in [0.29, 0.717) is 0 Å². The molecule has 0 spiro atoms. The van der Waals surface area contributed by atoms with Gasteiger partial charge in [0.25, 0.3) is 0 Å². The Morgan fingerprint density at radius 2 is 1.07 bits per heavy atom. The van der Waals surface area contributed by atoms with Crippen LogP contribution in [0, 0.1) is 13.8 Å². The molecule has 0 saturated heterocycles. The second kappa shape index (κ2) is 7.42. The van der Waals surface area contributed by atoms with Crippen molar-refractivity contribution in [1.82, 2.24) is 9.97 Å². The fraction of sp³-hybridized carbons (Fsp3) is 0.0833. The molecule has 0 unspecified atom stereocenters. The van der Waals surface area contributed by atoms with Crippen molar-refractivity contribution >= 4 is 11.4 Å². The summed E-state index contributed by atoms with van der Waals surface area (Å²) in [6.45, 7) is 4.21. The van der Waals surface area contributed by atoms with Crippen molar-refractivity contribution in [3.05, 3.63) is 96.3 Å². The molecular weight excluding hydrogens is 330 g/mol. The zero-order chi connectivity index (χ0) is 18.6. The monoisotopic (exact) mass is 351 g/mol. The van der Waals surface area contributed by atoms with Gasteiger partial charge in [0.2, 0.25) is 0 Å². The van der Waals surface area contributed by atoms with Crippen molar-refractivity contribution in [3.63, 3.8) is 0 Å². The summed E-state index contributed by atoms with van der Waals surface area (Å²) < 4.78 is 0. The molecule has 1 N–H and O–H groups in total. The van der Waals surface area contributed by atoms with Crippen LogP contribution in [-0.4, -0.2) is 9.97 Å². The highest BCUT2D eigenvalue weighted by Gasteiger charge is 2.06. The third-order valence-corrected chi connectivity index (χ3v) is 4.36. The van der Waals surface area contributed by atoms with Gasteiger partial charge < -0.3 is 5.32 Å². The number of rotatable bonds is 4. The summed E-state index contributed by atoms with van der Waals surface area (Å²) in [6, 6.07) is 24.8. The molecule has 0 radical (unpaired) electrons. The van der Waals surface area contributed by atoms with Crippen LogP contribution in [0.15, 0.2) is 85.2 Å². The first-order valence-electron chi connectivity index (χ1n) is 9.01. The third-order valence-electron chi connectivity index (χ3n) is 4.36. The van der Waals surface area contributed by atoms with E-state index in [1.165, 1.54) is 11.1 Å². The largest absolute Gasteiger partial charge is 0.355 e. The van der Waals surface area contributed by atoms with Gasteiger partial charge in [-0.1, -0.05) is 12.1 Å². The summed E-state index contributed by atoms with van der Waals surface area (Å²) in [5.74, 6) is 0. The minimum absolute atomic E-state index is 0.975. The van der Waals surface area contributed by atoms with E-state index in [4.69, 9.17) is 0 Å². The van der Waals surface area contributed by atoms with E-state index in [2.05, 4.69) is 65.5 Å². The van der Waals surface area contributed by atoms with E-state index in [-0.39, 0.29) is 0 Å². The topological polar surface area (TPSA) is 37.8 Å². The Hall–Kier alpha value is -3.46. The van der Waals surface area contributed by atoms with Gasteiger partial charge in [0.1, 0.15) is 0 Å². The van der Waals surface area contributed by atoms with Gasteiger partial charge in [-0.05, 0) is 85.6 Å². The quantitative estimate of drug-likeness (QED) is 0.478. The van der Waals surface area contributed by atoms with Gasteiger partial charge >= 0.3 is 0 Å². The summed E-state index contributed by atoms with van der Waals surface area (Å²) in [5, 5.41) is 3.55. The number of anilines is 2. The van der Waals surface area contributed by atoms with Gasteiger partial charge in [-0.2, -0.15) is 0 Å². The molecule has 0 aliphatic heterocycles. The standard InChI is InChI=1S/C24H21N3/c1-17-11-19(23-7-3-5-9-25-23)15-21(13-17)27-22-14-18(2)12-20(16-22)24-8-4-6-10-26-24/h3-16,27H,1-2H3. The summed E-state index contributed by atoms with van der Waals surface area (Å²) in [6.07, 6.45) is 3.65. The Balaban J connectivity index is 1.69. The lowest BCUT2D eigenvalue weighted by Gasteiger charge is -2.12. The second-order valence-corrected chi connectivity index (χ2v) is 6.73. The number of hydrogen-bond acceptors (Lipinski definition) is 3. The van der Waals surface area contributed by atoms with Crippen LogP contribution in [0.3, 0.4) is 0 Å². The van der Waals surface area contributed by atoms with E-state index in [1.807, 2.05) is 48.8 Å². The molecule has 0 fully saturated rings. The molecule has 27 heavy (non-hydrogen) atoms. The molecular formula is C24H21N3. The number of benzene rings is 2. The fourth-order valence-corrected chi connectivity index (χ4v) is 3.24. The van der Waals surface area contributed by atoms with Crippen LogP contribution in [0.4, 0.5) is 11.4 Å². The normalized spacial score (nSPS) is 10.6. The Labute approximate surface area is 159 Å². The minimum Gasteiger partial charge on any atom is -0.355 e. The third kappa shape index (κ3) is 4.04. The highest BCUT2D eigenvalue weighted by molar-refractivity contribution is 5.73. The zero-order valence-electron chi connectivity index (χ0n) is 15.5. The molecule has 0 aliphatic rings. The Bertz CT molecular complexity index is 970. The lowest BCUT2D eigenvalue weighted by atomic mass is 10.0. The first-order chi connectivity index (χ1) is 13.2. The molecule has 132 valence electrons. The average Bonchev–Trinajstić information content (AvgIpc) is 2.68. The SMILES string of the molecule is Cc1cc(Nc2cc(C)cc(-c3ccccn3)c2)cc(-c2ccccn2)c1. The molecule has 4 aromatic rings. The maximum absolute atomic E-state index is 4.47. The number of nitrogens with zero attached hydrogens (tertiary/aromatic N) is 2. The van der Waals surface area contributed by atoms with Gasteiger partial charge in [-0.15, -0.1) is 0 Å². The van der Waals surface area contributed by atoms with Crippen molar-refractivity contribution in [2.24, 2.45) is 0 Å². The van der Waals surface area contributed by atoms with Crippen molar-refractivity contribution in [2.75, 3.05) is 5.32 Å². The second-order valence-electron chi connectivity index (χ2n) is 6.73. The number of nitrogens with one attached hydrogen (secondary N) is 1. The molecule has 2 aromatic carbocycles. The molecule has 0 atom stereocenters. The van der Waals surface area contributed by atoms with Crippen LogP contribution < -0.4 is 5.32 Å². The zero-order valence-corrected chi connectivity index (χ0v) is 15.5. The van der Waals surface area contributed by atoms with E-state index < -0.39 is 0 Å². The van der Waals surface area contributed by atoms with E-state index in [1.54, 1.807) is 0 Å². The van der Waals surface area contributed by atoms with Crippen molar-refractivity contribution < 1.29 is 0 Å². The smallest absolute Gasteiger partial charge is 0.0702 e. The highest BCUT2D eigenvalue weighted by atomic mass is 14.9. The van der Waals surface area contributed by atoms with Crippen molar-refractivity contribution in [1.29, 1.82) is 0 Å². The van der Waals surface area contributed by atoms with E-state index in [9.17, 15) is 0 Å². The maximum Gasteiger partial charge on any atom is 0.0702 e. The number of hydrogen-bond donors (Lipinski definition) is 1. The molecule has 0 bridgehead atoms. The fourth-order valence-electron chi connectivity index (χ4n) is 3.24. The first kappa shape index (κ1) is 17.0. The van der Waals surface area contributed by atoms with Crippen LogP contribution >= 0.6 is 0 Å². The van der Waals surface area contributed by atoms with Gasteiger partial charge in [-0.25, -0.2) is 0 Å². The van der Waals surface area contributed by atoms with Crippen molar-refractivity contribution in [3.8, 4) is 22.5 Å². The van der Waals surface area contributed by atoms with E-state index >= 15 is 0 Å². The summed E-state index contributed by atoms with van der Waals surface area (Å²) in [4.78, 5) is 8.94. The molecule has 4 rings (SSSR count). The summed E-state index contributed by atoms with van der Waals surface area (Å²) >= 11 is 0. The molecule has 3 nitrogen and oxygen atoms in total. The van der Waals surface area contributed by atoms with Crippen LogP contribution in [0.5, 0.6) is 0 Å². The maximum atomic E-state index is 4.47. The predicted molar refractivity (Wildman–Crippen MR) is 112 cm³/mol. The van der Waals surface area contributed by atoms with Crippen LogP contribution in [0.1, 0.15) is 11.1 Å². The summed E-state index contributed by atoms with van der Waals surface area (Å²) in [7, 11) is 0. The molecule has 2 heterocycles. The Morgan fingerprint density at radius 3 is 1.48 bits per heavy atom. The highest BCUT2D eigenvalue weighted by Crippen LogP contribution is 2.28. The predicted octanol–water partition coefficient (Wildman–Crippen LogP) is 6.17. The van der Waals surface area contributed by atoms with Crippen LogP contribution in [-0.2, 0) is 0 Å².